The summed E-state index contributed by atoms with van der Waals surface area (Å²) in [6.45, 7) is 0. The van der Waals surface area contributed by atoms with E-state index in [0.29, 0.717) is 0 Å². The van der Waals surface area contributed by atoms with Crippen molar-refractivity contribution in [2.45, 2.75) is 0 Å². The molecule has 0 amide bonds. The van der Waals surface area contributed by atoms with Crippen molar-refractivity contribution in [2.24, 2.45) is 0 Å². The molecule has 7 aromatic rings. The lowest BCUT2D eigenvalue weighted by Crippen LogP contribution is -1.93. The van der Waals surface area contributed by atoms with Gasteiger partial charge in [0.2, 0.25) is 0 Å². The first kappa shape index (κ1) is 17.4. The molecular weight excluding hydrogens is 388 g/mol. The molecule has 0 aliphatic carbocycles. The summed E-state index contributed by atoms with van der Waals surface area (Å²) < 4.78 is 2.37. The summed E-state index contributed by atoms with van der Waals surface area (Å²) >= 11 is 0. The number of nitrogens with zero attached hydrogens (tertiary/aromatic N) is 1. The zero-order valence-corrected chi connectivity index (χ0v) is 17.4. The van der Waals surface area contributed by atoms with Crippen LogP contribution in [0.15, 0.2) is 115 Å². The highest BCUT2D eigenvalue weighted by molar-refractivity contribution is 6.14. The molecule has 7 rings (SSSR count). The molecule has 0 unspecified atom stereocenters. The predicted molar refractivity (Wildman–Crippen MR) is 136 cm³/mol. The van der Waals surface area contributed by atoms with E-state index >= 15 is 0 Å². The molecule has 0 atom stereocenters. The number of aromatic nitrogens is 2. The van der Waals surface area contributed by atoms with Crippen molar-refractivity contribution in [3.63, 3.8) is 0 Å². The smallest absolute Gasteiger partial charge is 0.0547 e. The van der Waals surface area contributed by atoms with Gasteiger partial charge in [-0.2, -0.15) is 0 Å². The molecule has 0 radical (unpaired) electrons. The van der Waals surface area contributed by atoms with Crippen LogP contribution in [-0.4, -0.2) is 9.55 Å². The fourth-order valence-electron chi connectivity index (χ4n) is 5.11. The van der Waals surface area contributed by atoms with Crippen molar-refractivity contribution in [3.05, 3.63) is 115 Å². The highest BCUT2D eigenvalue weighted by atomic mass is 15.0. The van der Waals surface area contributed by atoms with Gasteiger partial charge in [0.1, 0.15) is 0 Å². The number of aromatic amines is 1. The number of rotatable bonds is 2. The normalized spacial score (nSPS) is 11.8. The summed E-state index contributed by atoms with van der Waals surface area (Å²) in [5, 5.41) is 5.09. The second kappa shape index (κ2) is 6.60. The molecule has 0 saturated heterocycles. The van der Waals surface area contributed by atoms with Crippen LogP contribution in [-0.2, 0) is 0 Å². The van der Waals surface area contributed by atoms with Gasteiger partial charge < -0.3 is 9.55 Å². The molecule has 32 heavy (non-hydrogen) atoms. The number of benzene rings is 5. The van der Waals surface area contributed by atoms with Gasteiger partial charge in [0.25, 0.3) is 0 Å². The van der Waals surface area contributed by atoms with Gasteiger partial charge in [0, 0.05) is 38.3 Å². The maximum absolute atomic E-state index is 3.66. The van der Waals surface area contributed by atoms with E-state index in [0.717, 1.165) is 0 Å². The van der Waals surface area contributed by atoms with Gasteiger partial charge in [-0.3, -0.25) is 0 Å². The first-order valence-corrected chi connectivity index (χ1v) is 11.0. The Morgan fingerprint density at radius 3 is 2.12 bits per heavy atom. The van der Waals surface area contributed by atoms with Gasteiger partial charge in [-0.15, -0.1) is 0 Å². The molecular formula is C30H20N2. The average Bonchev–Trinajstić information content (AvgIpc) is 3.40. The van der Waals surface area contributed by atoms with Crippen LogP contribution in [0.3, 0.4) is 0 Å². The van der Waals surface area contributed by atoms with Gasteiger partial charge in [-0.05, 0) is 35.9 Å². The third-order valence-electron chi connectivity index (χ3n) is 6.54. The fraction of sp³-hybridized carbons (Fsp3) is 0. The zero-order valence-electron chi connectivity index (χ0n) is 17.4. The van der Waals surface area contributed by atoms with E-state index in [4.69, 9.17) is 0 Å². The Morgan fingerprint density at radius 2 is 1.22 bits per heavy atom. The topological polar surface area (TPSA) is 20.7 Å². The summed E-state index contributed by atoms with van der Waals surface area (Å²) in [5.74, 6) is 0. The van der Waals surface area contributed by atoms with Crippen molar-refractivity contribution in [2.75, 3.05) is 0 Å². The first-order valence-electron chi connectivity index (χ1n) is 11.0. The molecule has 150 valence electrons. The monoisotopic (exact) mass is 408 g/mol. The number of fused-ring (bicyclic) bond motifs is 6. The van der Waals surface area contributed by atoms with E-state index in [1.165, 1.54) is 60.4 Å². The number of para-hydroxylation sites is 4. The lowest BCUT2D eigenvalue weighted by Gasteiger charge is -2.09. The van der Waals surface area contributed by atoms with Crippen LogP contribution < -0.4 is 0 Å². The van der Waals surface area contributed by atoms with Gasteiger partial charge in [0.05, 0.1) is 16.6 Å². The summed E-state index contributed by atoms with van der Waals surface area (Å²) in [5.41, 5.74) is 8.45. The molecule has 2 nitrogen and oxygen atoms in total. The maximum atomic E-state index is 3.66. The third-order valence-corrected chi connectivity index (χ3v) is 6.54. The highest BCUT2D eigenvalue weighted by Gasteiger charge is 2.14. The lowest BCUT2D eigenvalue weighted by molar-refractivity contribution is 1.18. The standard InChI is InChI=1S/C30H20N2/c1-2-9-21(10-3-1)32-28-16-7-5-12-24(28)25-18-17-20(19-29(25)32)22-13-8-14-26-23-11-4-6-15-27(23)31-30(22)26/h1-19,31H. The lowest BCUT2D eigenvalue weighted by atomic mass is 10.0. The fourth-order valence-corrected chi connectivity index (χ4v) is 5.11. The Kier molecular flexibility index (Phi) is 3.58. The molecule has 0 aliphatic rings. The van der Waals surface area contributed by atoms with Crippen LogP contribution >= 0.6 is 0 Å². The first-order chi connectivity index (χ1) is 15.9. The maximum Gasteiger partial charge on any atom is 0.0547 e. The Morgan fingerprint density at radius 1 is 0.500 bits per heavy atom. The van der Waals surface area contributed by atoms with Crippen LogP contribution in [0.25, 0.3) is 60.4 Å². The molecule has 0 bridgehead atoms. The average molecular weight is 409 g/mol. The van der Waals surface area contributed by atoms with Crippen LogP contribution in [0.5, 0.6) is 0 Å². The van der Waals surface area contributed by atoms with Gasteiger partial charge in [-0.1, -0.05) is 84.9 Å². The molecule has 0 fully saturated rings. The van der Waals surface area contributed by atoms with Crippen molar-refractivity contribution in [1.82, 2.24) is 9.55 Å². The largest absolute Gasteiger partial charge is 0.354 e. The van der Waals surface area contributed by atoms with E-state index in [1.54, 1.807) is 0 Å². The molecule has 5 aromatic carbocycles. The van der Waals surface area contributed by atoms with Crippen LogP contribution in [0, 0.1) is 0 Å². The summed E-state index contributed by atoms with van der Waals surface area (Å²) in [7, 11) is 0. The van der Waals surface area contributed by atoms with E-state index in [9.17, 15) is 0 Å². The van der Waals surface area contributed by atoms with Gasteiger partial charge in [-0.25, -0.2) is 0 Å². The second-order valence-corrected chi connectivity index (χ2v) is 8.32. The Bertz CT molecular complexity index is 1770. The molecule has 0 saturated carbocycles. The molecule has 2 heteroatoms. The van der Waals surface area contributed by atoms with Crippen LogP contribution in [0.2, 0.25) is 0 Å². The van der Waals surface area contributed by atoms with Crippen molar-refractivity contribution < 1.29 is 0 Å². The van der Waals surface area contributed by atoms with Crippen molar-refractivity contribution in [3.8, 4) is 16.8 Å². The number of H-pyrrole nitrogens is 1. The summed E-state index contributed by atoms with van der Waals surface area (Å²) in [4.78, 5) is 3.66. The molecule has 2 heterocycles. The second-order valence-electron chi connectivity index (χ2n) is 8.32. The molecule has 2 aromatic heterocycles. The minimum Gasteiger partial charge on any atom is -0.354 e. The Labute approximate surface area is 185 Å². The van der Waals surface area contributed by atoms with Gasteiger partial charge >= 0.3 is 0 Å². The Hall–Kier alpha value is -4.30. The molecule has 1 N–H and O–H groups in total. The quantitative estimate of drug-likeness (QED) is 0.298. The molecule has 0 spiro atoms. The Balaban J connectivity index is 1.56. The van der Waals surface area contributed by atoms with Crippen LogP contribution in [0.4, 0.5) is 0 Å². The van der Waals surface area contributed by atoms with E-state index < -0.39 is 0 Å². The van der Waals surface area contributed by atoms with Crippen LogP contribution in [0.1, 0.15) is 0 Å². The number of nitrogens with one attached hydrogen (secondary N) is 1. The molecule has 0 aliphatic heterocycles. The van der Waals surface area contributed by atoms with Crippen molar-refractivity contribution >= 4 is 43.6 Å². The van der Waals surface area contributed by atoms with Gasteiger partial charge in [0.15, 0.2) is 0 Å². The SMILES string of the molecule is c1ccc(-n2c3ccccc3c3ccc(-c4cccc5c4[nH]c4ccccc45)cc32)cc1. The third kappa shape index (κ3) is 2.41. The minimum absolute atomic E-state index is 1.18. The van der Waals surface area contributed by atoms with Crippen molar-refractivity contribution in [1.29, 1.82) is 0 Å². The van der Waals surface area contributed by atoms with E-state index in [1.807, 2.05) is 0 Å². The van der Waals surface area contributed by atoms with E-state index in [2.05, 4.69) is 125 Å². The summed E-state index contributed by atoms with van der Waals surface area (Å²) in [6, 6.07) is 41.3. The highest BCUT2D eigenvalue weighted by Crippen LogP contribution is 2.37. The number of hydrogen-bond donors (Lipinski definition) is 1. The predicted octanol–water partition coefficient (Wildman–Crippen LogP) is 8.09. The van der Waals surface area contributed by atoms with E-state index in [-0.39, 0.29) is 0 Å². The number of hydrogen-bond acceptors (Lipinski definition) is 0. The summed E-state index contributed by atoms with van der Waals surface area (Å²) in [6.07, 6.45) is 0. The minimum atomic E-state index is 1.18. The zero-order chi connectivity index (χ0) is 21.1.